The van der Waals surface area contributed by atoms with Crippen LogP contribution >= 0.6 is 0 Å². The Labute approximate surface area is 83.7 Å². The van der Waals surface area contributed by atoms with E-state index in [1.165, 1.54) is 0 Å². The summed E-state index contributed by atoms with van der Waals surface area (Å²) in [5.41, 5.74) is 4.81. The first-order chi connectivity index (χ1) is 6.25. The SMILES string of the molecule is CC(C)(C)C(=O)NCC[C@H](N)C(=O)O. The van der Waals surface area contributed by atoms with Crippen molar-refractivity contribution in [3.05, 3.63) is 0 Å². The van der Waals surface area contributed by atoms with E-state index in [4.69, 9.17) is 10.8 Å². The Balaban J connectivity index is 3.76. The maximum atomic E-state index is 11.3. The van der Waals surface area contributed by atoms with E-state index in [0.717, 1.165) is 0 Å². The van der Waals surface area contributed by atoms with Crippen LogP contribution in [0.2, 0.25) is 0 Å². The number of carboxylic acids is 1. The van der Waals surface area contributed by atoms with Crippen LogP contribution in [0.3, 0.4) is 0 Å². The molecule has 0 aliphatic carbocycles. The zero-order valence-electron chi connectivity index (χ0n) is 8.83. The highest BCUT2D eigenvalue weighted by atomic mass is 16.4. The summed E-state index contributed by atoms with van der Waals surface area (Å²) >= 11 is 0. The van der Waals surface area contributed by atoms with Gasteiger partial charge in [0, 0.05) is 12.0 Å². The van der Waals surface area contributed by atoms with E-state index >= 15 is 0 Å². The van der Waals surface area contributed by atoms with Gasteiger partial charge in [-0.05, 0) is 6.42 Å². The fourth-order valence-electron chi connectivity index (χ4n) is 0.730. The number of nitrogens with one attached hydrogen (secondary N) is 1. The quantitative estimate of drug-likeness (QED) is 0.596. The van der Waals surface area contributed by atoms with E-state index in [9.17, 15) is 9.59 Å². The van der Waals surface area contributed by atoms with Gasteiger partial charge in [0.25, 0.3) is 0 Å². The highest BCUT2D eigenvalue weighted by Gasteiger charge is 2.21. The fourth-order valence-corrected chi connectivity index (χ4v) is 0.730. The highest BCUT2D eigenvalue weighted by molar-refractivity contribution is 5.81. The van der Waals surface area contributed by atoms with Crippen LogP contribution in [0.4, 0.5) is 0 Å². The number of hydrogen-bond acceptors (Lipinski definition) is 3. The maximum absolute atomic E-state index is 11.3. The van der Waals surface area contributed by atoms with Crippen molar-refractivity contribution in [1.82, 2.24) is 5.32 Å². The molecule has 1 atom stereocenters. The fraction of sp³-hybridized carbons (Fsp3) is 0.778. The third kappa shape index (κ3) is 4.81. The molecule has 0 fully saturated rings. The molecule has 4 N–H and O–H groups in total. The van der Waals surface area contributed by atoms with E-state index in [2.05, 4.69) is 5.32 Å². The molecule has 1 amide bonds. The Kier molecular flexibility index (Phi) is 4.56. The molecule has 0 rings (SSSR count). The number of carbonyl (C=O) groups is 2. The van der Waals surface area contributed by atoms with Crippen molar-refractivity contribution in [1.29, 1.82) is 0 Å². The van der Waals surface area contributed by atoms with E-state index in [1.54, 1.807) is 20.8 Å². The van der Waals surface area contributed by atoms with Crippen LogP contribution < -0.4 is 11.1 Å². The Morgan fingerprint density at radius 1 is 1.43 bits per heavy atom. The second-order valence-corrected chi connectivity index (χ2v) is 4.24. The lowest BCUT2D eigenvalue weighted by atomic mass is 9.95. The summed E-state index contributed by atoms with van der Waals surface area (Å²) in [7, 11) is 0. The molecule has 82 valence electrons. The molecule has 0 aliphatic heterocycles. The molecule has 0 saturated heterocycles. The average Bonchev–Trinajstić information content (AvgIpc) is 2.01. The molecule has 5 nitrogen and oxygen atoms in total. The van der Waals surface area contributed by atoms with Crippen molar-refractivity contribution in [2.45, 2.75) is 33.2 Å². The molecule has 0 aliphatic rings. The Morgan fingerprint density at radius 3 is 2.29 bits per heavy atom. The van der Waals surface area contributed by atoms with Crippen molar-refractivity contribution >= 4 is 11.9 Å². The Morgan fingerprint density at radius 2 is 1.93 bits per heavy atom. The molecule has 5 heteroatoms. The monoisotopic (exact) mass is 202 g/mol. The number of amides is 1. The molecule has 0 aromatic carbocycles. The van der Waals surface area contributed by atoms with Crippen molar-refractivity contribution in [3.8, 4) is 0 Å². The van der Waals surface area contributed by atoms with Gasteiger partial charge in [-0.1, -0.05) is 20.8 Å². The summed E-state index contributed by atoms with van der Waals surface area (Å²) in [6.07, 6.45) is 0.247. The van der Waals surface area contributed by atoms with Crippen LogP contribution in [-0.4, -0.2) is 29.6 Å². The van der Waals surface area contributed by atoms with Crippen molar-refractivity contribution in [3.63, 3.8) is 0 Å². The predicted molar refractivity (Wildman–Crippen MR) is 52.7 cm³/mol. The van der Waals surface area contributed by atoms with Crippen LogP contribution in [0.25, 0.3) is 0 Å². The molecule has 0 radical (unpaired) electrons. The molecule has 0 aromatic heterocycles. The van der Waals surface area contributed by atoms with Crippen molar-refractivity contribution in [2.75, 3.05) is 6.54 Å². The largest absolute Gasteiger partial charge is 0.480 e. The van der Waals surface area contributed by atoms with Crippen molar-refractivity contribution in [2.24, 2.45) is 11.1 Å². The zero-order valence-corrected chi connectivity index (χ0v) is 8.83. The number of carboxylic acid groups (broad SMARTS) is 1. The highest BCUT2D eigenvalue weighted by Crippen LogP contribution is 2.12. The van der Waals surface area contributed by atoms with Gasteiger partial charge in [-0.25, -0.2) is 0 Å². The summed E-state index contributed by atoms with van der Waals surface area (Å²) in [6.45, 7) is 5.67. The molecular formula is C9H18N2O3. The number of hydrogen-bond donors (Lipinski definition) is 3. The smallest absolute Gasteiger partial charge is 0.320 e. The van der Waals surface area contributed by atoms with Gasteiger partial charge in [0.05, 0.1) is 0 Å². The lowest BCUT2D eigenvalue weighted by molar-refractivity contribution is -0.139. The number of rotatable bonds is 4. The van der Waals surface area contributed by atoms with Crippen molar-refractivity contribution < 1.29 is 14.7 Å². The summed E-state index contributed by atoms with van der Waals surface area (Å²) in [5.74, 6) is -1.15. The van der Waals surface area contributed by atoms with E-state index < -0.39 is 17.4 Å². The van der Waals surface area contributed by atoms with Crippen LogP contribution in [0.15, 0.2) is 0 Å². The minimum atomic E-state index is -1.05. The average molecular weight is 202 g/mol. The van der Waals surface area contributed by atoms with E-state index in [0.29, 0.717) is 6.54 Å². The molecule has 0 bridgehead atoms. The van der Waals surface area contributed by atoms with E-state index in [1.807, 2.05) is 0 Å². The number of nitrogens with two attached hydrogens (primary N) is 1. The topological polar surface area (TPSA) is 92.4 Å². The second-order valence-electron chi connectivity index (χ2n) is 4.24. The lowest BCUT2D eigenvalue weighted by Crippen LogP contribution is -2.39. The second kappa shape index (κ2) is 4.95. The summed E-state index contributed by atoms with van der Waals surface area (Å²) in [6, 6.07) is -0.907. The molecular weight excluding hydrogens is 184 g/mol. The number of aliphatic carboxylic acids is 1. The number of carbonyl (C=O) groups excluding carboxylic acids is 1. The minimum absolute atomic E-state index is 0.102. The first-order valence-electron chi connectivity index (χ1n) is 4.52. The summed E-state index contributed by atoms with van der Waals surface area (Å²) in [4.78, 5) is 21.7. The van der Waals surface area contributed by atoms with Gasteiger partial charge in [0.15, 0.2) is 0 Å². The molecule has 0 spiro atoms. The first-order valence-corrected chi connectivity index (χ1v) is 4.52. The predicted octanol–water partition coefficient (Wildman–Crippen LogP) is -0.0493. The summed E-state index contributed by atoms with van der Waals surface area (Å²) < 4.78 is 0. The van der Waals surface area contributed by atoms with Gasteiger partial charge in [-0.2, -0.15) is 0 Å². The van der Waals surface area contributed by atoms with Gasteiger partial charge >= 0.3 is 5.97 Å². The van der Waals surface area contributed by atoms with Gasteiger partial charge in [-0.3, -0.25) is 9.59 Å². The molecule has 0 saturated carbocycles. The Hall–Kier alpha value is -1.10. The summed E-state index contributed by atoms with van der Waals surface area (Å²) in [5, 5.41) is 11.1. The van der Waals surface area contributed by atoms with Crippen LogP contribution in [0, 0.1) is 5.41 Å². The molecule has 0 unspecified atom stereocenters. The molecule has 0 aromatic rings. The first kappa shape index (κ1) is 12.9. The Bertz CT molecular complexity index is 221. The lowest BCUT2D eigenvalue weighted by Gasteiger charge is -2.18. The molecule has 14 heavy (non-hydrogen) atoms. The zero-order chi connectivity index (χ0) is 11.4. The van der Waals surface area contributed by atoms with Crippen LogP contribution in [-0.2, 0) is 9.59 Å². The normalized spacial score (nSPS) is 13.4. The third-order valence-corrected chi connectivity index (χ3v) is 1.74. The standard InChI is InChI=1S/C9H18N2O3/c1-9(2,3)8(14)11-5-4-6(10)7(12)13/h6H,4-5,10H2,1-3H3,(H,11,14)(H,12,13)/t6-/m0/s1. The van der Waals surface area contributed by atoms with Gasteiger partial charge in [0.1, 0.15) is 6.04 Å². The molecule has 0 heterocycles. The minimum Gasteiger partial charge on any atom is -0.480 e. The van der Waals surface area contributed by atoms with Gasteiger partial charge < -0.3 is 16.2 Å². The van der Waals surface area contributed by atoms with Crippen LogP contribution in [0.5, 0.6) is 0 Å². The van der Waals surface area contributed by atoms with Crippen LogP contribution in [0.1, 0.15) is 27.2 Å². The van der Waals surface area contributed by atoms with E-state index in [-0.39, 0.29) is 12.3 Å². The maximum Gasteiger partial charge on any atom is 0.320 e. The van der Waals surface area contributed by atoms with Gasteiger partial charge in [-0.15, -0.1) is 0 Å². The third-order valence-electron chi connectivity index (χ3n) is 1.74. The van der Waals surface area contributed by atoms with Gasteiger partial charge in [0.2, 0.25) is 5.91 Å².